The summed E-state index contributed by atoms with van der Waals surface area (Å²) in [5, 5.41) is 2.07. The number of carbonyl (C=O) groups excluding carboxylic acids is 1. The molecule has 148 valence electrons. The molecule has 0 atom stereocenters. The van der Waals surface area contributed by atoms with Gasteiger partial charge in [-0.15, -0.1) is 11.3 Å². The molecule has 1 heterocycles. The maximum atomic E-state index is 12.9. The number of rotatable bonds is 7. The second-order valence-electron chi connectivity index (χ2n) is 6.79. The van der Waals surface area contributed by atoms with Crippen LogP contribution >= 0.6 is 11.3 Å². The number of hydrogen-bond acceptors (Lipinski definition) is 5. The molecule has 0 spiro atoms. The summed E-state index contributed by atoms with van der Waals surface area (Å²) in [7, 11) is 3.17. The van der Waals surface area contributed by atoms with E-state index in [2.05, 4.69) is 17.5 Å². The molecule has 0 amide bonds. The van der Waals surface area contributed by atoms with Crippen molar-refractivity contribution in [3.05, 3.63) is 81.1 Å². The van der Waals surface area contributed by atoms with Gasteiger partial charge in [0.2, 0.25) is 0 Å². The topological polar surface area (TPSA) is 44.8 Å². The molecule has 3 aromatic rings. The molecule has 2 aromatic carbocycles. The lowest BCUT2D eigenvalue weighted by atomic mass is 10.1. The van der Waals surface area contributed by atoms with Crippen LogP contribution in [0.25, 0.3) is 6.08 Å². The first-order valence-corrected chi connectivity index (χ1v) is 10.3. The van der Waals surface area contributed by atoms with E-state index in [0.29, 0.717) is 30.1 Å². The molecule has 4 nitrogen and oxygen atoms in total. The van der Waals surface area contributed by atoms with Crippen LogP contribution < -0.4 is 14.2 Å². The Kier molecular flexibility index (Phi) is 5.67. The highest BCUT2D eigenvalue weighted by Gasteiger charge is 2.27. The Hall–Kier alpha value is -3.05. The fraction of sp³-hybridized carbons (Fsp3) is 0.208. The van der Waals surface area contributed by atoms with Crippen LogP contribution in [0.3, 0.4) is 0 Å². The van der Waals surface area contributed by atoms with E-state index in [1.807, 2.05) is 36.4 Å². The lowest BCUT2D eigenvalue weighted by molar-refractivity contribution is 0.104. The average Bonchev–Trinajstić information content (AvgIpc) is 3.36. The van der Waals surface area contributed by atoms with Crippen LogP contribution in [0.2, 0.25) is 0 Å². The number of fused-ring (bicyclic) bond motifs is 1. The van der Waals surface area contributed by atoms with Crippen molar-refractivity contribution in [1.82, 2.24) is 0 Å². The zero-order valence-electron chi connectivity index (χ0n) is 16.4. The fourth-order valence-corrected chi connectivity index (χ4v) is 4.16. The van der Waals surface area contributed by atoms with Crippen LogP contribution in [-0.4, -0.2) is 26.6 Å². The van der Waals surface area contributed by atoms with Gasteiger partial charge in [-0.2, -0.15) is 0 Å². The van der Waals surface area contributed by atoms with Crippen molar-refractivity contribution in [2.24, 2.45) is 0 Å². The first kappa shape index (κ1) is 19.3. The number of Topliss-reactive ketones (excluding diaryl/α,β-unsaturated/α-hetero) is 1. The highest BCUT2D eigenvalue weighted by atomic mass is 32.1. The highest BCUT2D eigenvalue weighted by molar-refractivity contribution is 7.09. The Morgan fingerprint density at radius 3 is 2.62 bits per heavy atom. The van der Waals surface area contributed by atoms with Crippen molar-refractivity contribution >= 4 is 23.2 Å². The van der Waals surface area contributed by atoms with Crippen molar-refractivity contribution in [1.29, 1.82) is 0 Å². The van der Waals surface area contributed by atoms with E-state index in [1.165, 1.54) is 4.88 Å². The third kappa shape index (κ3) is 4.20. The first-order chi connectivity index (χ1) is 14.2. The average molecular weight is 407 g/mol. The number of methoxy groups -OCH3 is 2. The Morgan fingerprint density at radius 2 is 1.86 bits per heavy atom. The number of carbonyl (C=O) groups is 1. The minimum atomic E-state index is 0.0324. The summed E-state index contributed by atoms with van der Waals surface area (Å²) in [4.78, 5) is 14.2. The van der Waals surface area contributed by atoms with Gasteiger partial charge in [-0.3, -0.25) is 4.79 Å². The highest BCUT2D eigenvalue weighted by Crippen LogP contribution is 2.37. The van der Waals surface area contributed by atoms with Gasteiger partial charge in [0.05, 0.1) is 20.8 Å². The van der Waals surface area contributed by atoms with Crippen molar-refractivity contribution in [3.8, 4) is 17.2 Å². The van der Waals surface area contributed by atoms with E-state index in [0.717, 1.165) is 28.9 Å². The molecule has 0 saturated carbocycles. The predicted octanol–water partition coefficient (Wildman–Crippen LogP) is 5.21. The molecule has 1 aliphatic carbocycles. The number of hydrogen-bond donors (Lipinski definition) is 0. The second-order valence-corrected chi connectivity index (χ2v) is 7.82. The molecule has 0 saturated heterocycles. The molecule has 1 aliphatic rings. The number of ketones is 1. The van der Waals surface area contributed by atoms with Gasteiger partial charge in [0.25, 0.3) is 0 Å². The van der Waals surface area contributed by atoms with Crippen LogP contribution in [0.15, 0.2) is 59.5 Å². The number of allylic oxidation sites excluding steroid dienone is 1. The largest absolute Gasteiger partial charge is 0.493 e. The molecular formula is C24H22O4S. The van der Waals surface area contributed by atoms with Gasteiger partial charge in [-0.1, -0.05) is 18.2 Å². The van der Waals surface area contributed by atoms with Gasteiger partial charge >= 0.3 is 0 Å². The lowest BCUT2D eigenvalue weighted by Gasteiger charge is -2.08. The molecule has 29 heavy (non-hydrogen) atoms. The van der Waals surface area contributed by atoms with Crippen LogP contribution in [0.1, 0.15) is 26.4 Å². The third-order valence-corrected chi connectivity index (χ3v) is 5.86. The van der Waals surface area contributed by atoms with Crippen LogP contribution in [0, 0.1) is 0 Å². The maximum absolute atomic E-state index is 12.9. The molecule has 0 unspecified atom stereocenters. The monoisotopic (exact) mass is 406 g/mol. The van der Waals surface area contributed by atoms with E-state index in [9.17, 15) is 4.79 Å². The Labute approximate surface area is 174 Å². The third-order valence-electron chi connectivity index (χ3n) is 4.92. The quantitative estimate of drug-likeness (QED) is 0.505. The Balaban J connectivity index is 1.50. The molecule has 0 aliphatic heterocycles. The van der Waals surface area contributed by atoms with E-state index in [4.69, 9.17) is 14.2 Å². The van der Waals surface area contributed by atoms with Crippen LogP contribution in [0.4, 0.5) is 0 Å². The van der Waals surface area contributed by atoms with Crippen molar-refractivity contribution < 1.29 is 19.0 Å². The molecule has 5 heteroatoms. The molecule has 0 N–H and O–H groups in total. The smallest absolute Gasteiger partial charge is 0.189 e. The molecule has 4 rings (SSSR count). The summed E-state index contributed by atoms with van der Waals surface area (Å²) in [6.07, 6.45) is 3.41. The summed E-state index contributed by atoms with van der Waals surface area (Å²) >= 11 is 1.74. The molecule has 0 bridgehead atoms. The summed E-state index contributed by atoms with van der Waals surface area (Å²) in [5.41, 5.74) is 3.35. The van der Waals surface area contributed by atoms with Crippen molar-refractivity contribution in [2.45, 2.75) is 12.8 Å². The van der Waals surface area contributed by atoms with Crippen LogP contribution in [0.5, 0.6) is 17.2 Å². The van der Waals surface area contributed by atoms with Gasteiger partial charge < -0.3 is 14.2 Å². The minimum absolute atomic E-state index is 0.0324. The molecule has 1 aromatic heterocycles. The SMILES string of the molecule is COc1cc2c(cc1OC)C(=O)C(=Cc1cccc(OCCc3cccs3)c1)C2. The standard InChI is InChI=1S/C24H22O4S/c1-26-22-14-17-13-18(24(25)21(17)15-23(22)27-2)11-16-5-3-6-19(12-16)28-9-8-20-7-4-10-29-20/h3-7,10-12,14-15H,8-9,13H2,1-2H3. The minimum Gasteiger partial charge on any atom is -0.493 e. The summed E-state index contributed by atoms with van der Waals surface area (Å²) in [6.45, 7) is 0.629. The summed E-state index contributed by atoms with van der Waals surface area (Å²) in [6, 6.07) is 15.7. The van der Waals surface area contributed by atoms with Gasteiger partial charge in [0, 0.05) is 28.9 Å². The Morgan fingerprint density at radius 1 is 1.03 bits per heavy atom. The van der Waals surface area contributed by atoms with Gasteiger partial charge in [0.15, 0.2) is 17.3 Å². The Bertz CT molecular complexity index is 1050. The van der Waals surface area contributed by atoms with E-state index in [1.54, 1.807) is 31.6 Å². The van der Waals surface area contributed by atoms with Crippen molar-refractivity contribution in [2.75, 3.05) is 20.8 Å². The fourth-order valence-electron chi connectivity index (χ4n) is 3.47. The molecule has 0 radical (unpaired) electrons. The van der Waals surface area contributed by atoms with Crippen molar-refractivity contribution in [3.63, 3.8) is 0 Å². The van der Waals surface area contributed by atoms with E-state index < -0.39 is 0 Å². The van der Waals surface area contributed by atoms with Crippen LogP contribution in [-0.2, 0) is 12.8 Å². The zero-order chi connectivity index (χ0) is 20.2. The zero-order valence-corrected chi connectivity index (χ0v) is 17.3. The summed E-state index contributed by atoms with van der Waals surface area (Å²) < 4.78 is 16.6. The van der Waals surface area contributed by atoms with E-state index in [-0.39, 0.29) is 5.78 Å². The van der Waals surface area contributed by atoms with Gasteiger partial charge in [-0.25, -0.2) is 0 Å². The number of thiophene rings is 1. The maximum Gasteiger partial charge on any atom is 0.189 e. The van der Waals surface area contributed by atoms with Gasteiger partial charge in [-0.05, 0) is 52.9 Å². The van der Waals surface area contributed by atoms with E-state index >= 15 is 0 Å². The van der Waals surface area contributed by atoms with Gasteiger partial charge in [0.1, 0.15) is 5.75 Å². The lowest BCUT2D eigenvalue weighted by Crippen LogP contribution is -2.00. The summed E-state index contributed by atoms with van der Waals surface area (Å²) in [5.74, 6) is 2.05. The molecule has 0 fully saturated rings. The first-order valence-electron chi connectivity index (χ1n) is 9.43. The molecular weight excluding hydrogens is 384 g/mol. The number of benzene rings is 2. The number of ether oxygens (including phenoxy) is 3. The predicted molar refractivity (Wildman–Crippen MR) is 116 cm³/mol. The normalized spacial score (nSPS) is 14.1. The second kappa shape index (κ2) is 8.53.